The number of carbonyl (C=O) groups excluding carboxylic acids is 1. The summed E-state index contributed by atoms with van der Waals surface area (Å²) in [6.45, 7) is 1.09. The van der Waals surface area contributed by atoms with Crippen molar-refractivity contribution < 1.29 is 14.3 Å². The molecule has 140 valence electrons. The Morgan fingerprint density at radius 2 is 1.88 bits per heavy atom. The second kappa shape index (κ2) is 9.30. The lowest BCUT2D eigenvalue weighted by atomic mass is 9.85. The number of amides is 1. The molecule has 0 aromatic heterocycles. The molecule has 1 aliphatic carbocycles. The SMILES string of the molecule is COc1ccc(OCCN(C)C(=O)C2CC3CCCCC3N2)cc1.Cl. The first-order valence-corrected chi connectivity index (χ1v) is 8.95. The molecule has 1 N–H and O–H groups in total. The molecule has 6 heteroatoms. The Balaban J connectivity index is 0.00000225. The van der Waals surface area contributed by atoms with E-state index in [1.54, 1.807) is 12.0 Å². The molecule has 0 radical (unpaired) electrons. The molecule has 1 aliphatic heterocycles. The first-order chi connectivity index (χ1) is 11.7. The van der Waals surface area contributed by atoms with E-state index >= 15 is 0 Å². The van der Waals surface area contributed by atoms with E-state index < -0.39 is 0 Å². The largest absolute Gasteiger partial charge is 0.497 e. The van der Waals surface area contributed by atoms with Gasteiger partial charge >= 0.3 is 0 Å². The van der Waals surface area contributed by atoms with Crippen LogP contribution in [0.4, 0.5) is 0 Å². The molecular weight excluding hydrogens is 340 g/mol. The lowest BCUT2D eigenvalue weighted by Crippen LogP contribution is -2.45. The number of nitrogens with zero attached hydrogens (tertiary/aromatic N) is 1. The molecule has 3 rings (SSSR count). The van der Waals surface area contributed by atoms with Crippen molar-refractivity contribution in [1.82, 2.24) is 10.2 Å². The molecule has 1 amide bonds. The van der Waals surface area contributed by atoms with E-state index in [2.05, 4.69) is 5.32 Å². The summed E-state index contributed by atoms with van der Waals surface area (Å²) in [4.78, 5) is 14.4. The van der Waals surface area contributed by atoms with Gasteiger partial charge in [0, 0.05) is 13.1 Å². The van der Waals surface area contributed by atoms with Gasteiger partial charge in [-0.2, -0.15) is 0 Å². The smallest absolute Gasteiger partial charge is 0.239 e. The predicted octanol–water partition coefficient (Wildman–Crippen LogP) is 2.87. The number of likely N-dealkylation sites (N-methyl/N-ethyl adjacent to an activating group) is 1. The average Bonchev–Trinajstić information content (AvgIpc) is 3.05. The highest BCUT2D eigenvalue weighted by Gasteiger charge is 2.38. The number of carbonyl (C=O) groups is 1. The van der Waals surface area contributed by atoms with E-state index in [0.717, 1.165) is 17.9 Å². The van der Waals surface area contributed by atoms with Crippen molar-refractivity contribution in [2.24, 2.45) is 5.92 Å². The molecule has 1 heterocycles. The zero-order chi connectivity index (χ0) is 16.9. The van der Waals surface area contributed by atoms with Gasteiger partial charge in [-0.05, 0) is 49.4 Å². The zero-order valence-corrected chi connectivity index (χ0v) is 15.9. The summed E-state index contributed by atoms with van der Waals surface area (Å²) >= 11 is 0. The summed E-state index contributed by atoms with van der Waals surface area (Å²) in [5, 5.41) is 3.55. The number of methoxy groups -OCH3 is 1. The fourth-order valence-corrected chi connectivity index (χ4v) is 3.86. The molecular formula is C19H29ClN2O3. The van der Waals surface area contributed by atoms with E-state index in [0.29, 0.717) is 25.1 Å². The van der Waals surface area contributed by atoms with Crippen molar-refractivity contribution in [2.45, 2.75) is 44.2 Å². The number of nitrogens with one attached hydrogen (secondary N) is 1. The summed E-state index contributed by atoms with van der Waals surface area (Å²) < 4.78 is 10.8. The highest BCUT2D eigenvalue weighted by Crippen LogP contribution is 2.33. The fraction of sp³-hybridized carbons (Fsp3) is 0.632. The second-order valence-electron chi connectivity index (χ2n) is 6.89. The van der Waals surface area contributed by atoms with Crippen LogP contribution in [0.15, 0.2) is 24.3 Å². The van der Waals surface area contributed by atoms with Crippen molar-refractivity contribution in [3.8, 4) is 11.5 Å². The van der Waals surface area contributed by atoms with Gasteiger partial charge in [0.05, 0.1) is 19.7 Å². The van der Waals surface area contributed by atoms with Crippen LogP contribution in [-0.4, -0.2) is 50.2 Å². The first-order valence-electron chi connectivity index (χ1n) is 8.95. The van der Waals surface area contributed by atoms with Crippen LogP contribution >= 0.6 is 12.4 Å². The van der Waals surface area contributed by atoms with Gasteiger partial charge in [0.15, 0.2) is 0 Å². The van der Waals surface area contributed by atoms with Gasteiger partial charge in [-0.15, -0.1) is 12.4 Å². The Labute approximate surface area is 156 Å². The van der Waals surface area contributed by atoms with Crippen molar-refractivity contribution in [3.05, 3.63) is 24.3 Å². The molecule has 3 unspecified atom stereocenters. The van der Waals surface area contributed by atoms with E-state index in [4.69, 9.17) is 9.47 Å². The molecule has 1 saturated carbocycles. The normalized spacial score (nSPS) is 24.8. The highest BCUT2D eigenvalue weighted by atomic mass is 35.5. The number of rotatable bonds is 6. The van der Waals surface area contributed by atoms with Crippen LogP contribution in [0.1, 0.15) is 32.1 Å². The van der Waals surface area contributed by atoms with Crippen LogP contribution in [0, 0.1) is 5.92 Å². The van der Waals surface area contributed by atoms with Crippen molar-refractivity contribution in [1.29, 1.82) is 0 Å². The number of benzene rings is 1. The average molecular weight is 369 g/mol. The summed E-state index contributed by atoms with van der Waals surface area (Å²) in [5.74, 6) is 2.49. The topological polar surface area (TPSA) is 50.8 Å². The second-order valence-corrected chi connectivity index (χ2v) is 6.89. The Kier molecular flexibility index (Phi) is 7.38. The van der Waals surface area contributed by atoms with Crippen LogP contribution in [-0.2, 0) is 4.79 Å². The molecule has 0 spiro atoms. The quantitative estimate of drug-likeness (QED) is 0.838. The number of ether oxygens (including phenoxy) is 2. The van der Waals surface area contributed by atoms with E-state index in [1.165, 1.54) is 25.7 Å². The Morgan fingerprint density at radius 1 is 1.20 bits per heavy atom. The minimum atomic E-state index is -0.0101. The van der Waals surface area contributed by atoms with Crippen LogP contribution in [0.2, 0.25) is 0 Å². The van der Waals surface area contributed by atoms with Crippen LogP contribution < -0.4 is 14.8 Å². The highest BCUT2D eigenvalue weighted by molar-refractivity contribution is 5.85. The van der Waals surface area contributed by atoms with Gasteiger partial charge in [0.1, 0.15) is 18.1 Å². The zero-order valence-electron chi connectivity index (χ0n) is 15.1. The standard InChI is InChI=1S/C19H28N2O3.ClH/c1-21(11-12-24-16-9-7-15(23-2)8-10-16)19(22)18-13-14-5-3-4-6-17(14)20-18;/h7-10,14,17-18,20H,3-6,11-13H2,1-2H3;1H. The third-order valence-electron chi connectivity index (χ3n) is 5.29. The Morgan fingerprint density at radius 3 is 2.56 bits per heavy atom. The monoisotopic (exact) mass is 368 g/mol. The molecule has 2 aliphatic rings. The maximum atomic E-state index is 12.6. The summed E-state index contributed by atoms with van der Waals surface area (Å²) in [6.07, 6.45) is 6.09. The van der Waals surface area contributed by atoms with Crippen LogP contribution in [0.5, 0.6) is 11.5 Å². The Hall–Kier alpha value is -1.46. The third-order valence-corrected chi connectivity index (χ3v) is 5.29. The van der Waals surface area contributed by atoms with Gasteiger partial charge in [-0.1, -0.05) is 12.8 Å². The van der Waals surface area contributed by atoms with Gasteiger partial charge in [-0.3, -0.25) is 4.79 Å². The summed E-state index contributed by atoms with van der Waals surface area (Å²) in [7, 11) is 3.51. The predicted molar refractivity (Wildman–Crippen MR) is 101 cm³/mol. The van der Waals surface area contributed by atoms with E-state index in [1.807, 2.05) is 31.3 Å². The molecule has 25 heavy (non-hydrogen) atoms. The minimum Gasteiger partial charge on any atom is -0.497 e. The maximum absolute atomic E-state index is 12.6. The Bertz CT molecular complexity index is 538. The van der Waals surface area contributed by atoms with Crippen molar-refractivity contribution >= 4 is 18.3 Å². The molecule has 1 aromatic rings. The number of halogens is 1. The van der Waals surface area contributed by atoms with E-state index in [-0.39, 0.29) is 24.4 Å². The van der Waals surface area contributed by atoms with Crippen molar-refractivity contribution in [3.63, 3.8) is 0 Å². The van der Waals surface area contributed by atoms with Gasteiger partial charge < -0.3 is 19.7 Å². The molecule has 5 nitrogen and oxygen atoms in total. The number of fused-ring (bicyclic) bond motifs is 1. The van der Waals surface area contributed by atoms with Crippen LogP contribution in [0.25, 0.3) is 0 Å². The molecule has 2 fully saturated rings. The number of hydrogen-bond acceptors (Lipinski definition) is 4. The first kappa shape index (κ1) is 19.9. The van der Waals surface area contributed by atoms with Gasteiger partial charge in [0.25, 0.3) is 0 Å². The minimum absolute atomic E-state index is 0. The van der Waals surface area contributed by atoms with Gasteiger partial charge in [0.2, 0.25) is 5.91 Å². The summed E-state index contributed by atoms with van der Waals surface area (Å²) in [5.41, 5.74) is 0. The lowest BCUT2D eigenvalue weighted by molar-refractivity contribution is -0.132. The lowest BCUT2D eigenvalue weighted by Gasteiger charge is -2.24. The van der Waals surface area contributed by atoms with Crippen LogP contribution in [0.3, 0.4) is 0 Å². The summed E-state index contributed by atoms with van der Waals surface area (Å²) in [6, 6.07) is 8.04. The third kappa shape index (κ3) is 5.02. The molecule has 0 bridgehead atoms. The maximum Gasteiger partial charge on any atom is 0.239 e. The molecule has 1 aromatic carbocycles. The fourth-order valence-electron chi connectivity index (χ4n) is 3.86. The number of hydrogen-bond donors (Lipinski definition) is 1. The van der Waals surface area contributed by atoms with Gasteiger partial charge in [-0.25, -0.2) is 0 Å². The van der Waals surface area contributed by atoms with Crippen molar-refractivity contribution in [2.75, 3.05) is 27.3 Å². The molecule has 3 atom stereocenters. The molecule has 1 saturated heterocycles. The van der Waals surface area contributed by atoms with E-state index in [9.17, 15) is 4.79 Å².